The summed E-state index contributed by atoms with van der Waals surface area (Å²) in [5, 5.41) is 5.19. The highest BCUT2D eigenvalue weighted by molar-refractivity contribution is 7.92. The number of carbonyl (C=O) groups is 1. The monoisotopic (exact) mass is 403 g/mol. The highest BCUT2D eigenvalue weighted by Gasteiger charge is 2.20. The Kier molecular flexibility index (Phi) is 5.55. The first-order chi connectivity index (χ1) is 13.3. The van der Waals surface area contributed by atoms with Crippen molar-refractivity contribution in [1.29, 1.82) is 0 Å². The molecule has 0 saturated heterocycles. The number of urea groups is 1. The van der Waals surface area contributed by atoms with Gasteiger partial charge in [0, 0.05) is 17.4 Å². The molecule has 0 aliphatic carbocycles. The van der Waals surface area contributed by atoms with Gasteiger partial charge in [-0.2, -0.15) is 0 Å². The van der Waals surface area contributed by atoms with Gasteiger partial charge in [0.1, 0.15) is 16.5 Å². The molecule has 0 atom stereocenters. The summed E-state index contributed by atoms with van der Waals surface area (Å²) in [7, 11) is -4.27. The van der Waals surface area contributed by atoms with Gasteiger partial charge in [-0.15, -0.1) is 0 Å². The second-order valence-corrected chi connectivity index (χ2v) is 7.36. The lowest BCUT2D eigenvalue weighted by Crippen LogP contribution is -2.19. The van der Waals surface area contributed by atoms with Gasteiger partial charge in [0.15, 0.2) is 0 Å². The van der Waals surface area contributed by atoms with Crippen molar-refractivity contribution in [3.8, 4) is 0 Å². The van der Waals surface area contributed by atoms with Crippen molar-refractivity contribution in [3.63, 3.8) is 0 Å². The SMILES string of the molecule is O=C(Nc1ccccc1)Nc1cccc(NS(=O)(=O)c2ccc(F)cc2F)c1. The van der Waals surface area contributed by atoms with Crippen molar-refractivity contribution in [3.05, 3.63) is 84.4 Å². The van der Waals surface area contributed by atoms with Gasteiger partial charge in [-0.25, -0.2) is 22.0 Å². The van der Waals surface area contributed by atoms with E-state index >= 15 is 0 Å². The van der Waals surface area contributed by atoms with Crippen molar-refractivity contribution >= 4 is 33.1 Å². The first kappa shape index (κ1) is 19.3. The number of sulfonamides is 1. The highest BCUT2D eigenvalue weighted by atomic mass is 32.2. The van der Waals surface area contributed by atoms with Gasteiger partial charge < -0.3 is 10.6 Å². The fourth-order valence-electron chi connectivity index (χ4n) is 2.38. The third-order valence-electron chi connectivity index (χ3n) is 3.59. The summed E-state index contributed by atoms with van der Waals surface area (Å²) < 4.78 is 53.6. The maximum atomic E-state index is 13.8. The van der Waals surface area contributed by atoms with Crippen LogP contribution in [-0.4, -0.2) is 14.4 Å². The summed E-state index contributed by atoms with van der Waals surface area (Å²) in [5.74, 6) is -2.09. The summed E-state index contributed by atoms with van der Waals surface area (Å²) in [6, 6.07) is 16.3. The average Bonchev–Trinajstić information content (AvgIpc) is 2.62. The number of nitrogens with one attached hydrogen (secondary N) is 3. The molecule has 0 aliphatic heterocycles. The number of hydrogen-bond acceptors (Lipinski definition) is 3. The Labute approximate surface area is 160 Å². The molecular formula is C19H15F2N3O3S. The molecule has 6 nitrogen and oxygen atoms in total. The van der Waals surface area contributed by atoms with E-state index in [1.54, 1.807) is 30.3 Å². The third-order valence-corrected chi connectivity index (χ3v) is 5.00. The molecule has 28 heavy (non-hydrogen) atoms. The molecule has 3 aromatic carbocycles. The van der Waals surface area contributed by atoms with Crippen molar-refractivity contribution in [2.45, 2.75) is 4.90 Å². The Balaban J connectivity index is 1.73. The van der Waals surface area contributed by atoms with Crippen LogP contribution < -0.4 is 15.4 Å². The Bertz CT molecular complexity index is 1110. The largest absolute Gasteiger partial charge is 0.323 e. The molecule has 3 aromatic rings. The molecule has 0 radical (unpaired) electrons. The van der Waals surface area contributed by atoms with Crippen LogP contribution >= 0.6 is 0 Å². The second-order valence-electron chi connectivity index (χ2n) is 5.71. The van der Waals surface area contributed by atoms with Crippen LogP contribution in [0.15, 0.2) is 77.7 Å². The zero-order valence-electron chi connectivity index (χ0n) is 14.3. The van der Waals surface area contributed by atoms with Crippen LogP contribution in [0, 0.1) is 11.6 Å². The minimum absolute atomic E-state index is 0.0984. The molecule has 9 heteroatoms. The number of rotatable bonds is 5. The number of halogens is 2. The molecule has 0 aliphatic rings. The first-order valence-electron chi connectivity index (χ1n) is 8.04. The Morgan fingerprint density at radius 2 is 1.39 bits per heavy atom. The molecule has 3 rings (SSSR count). The van der Waals surface area contributed by atoms with Crippen molar-refractivity contribution in [2.24, 2.45) is 0 Å². The predicted molar refractivity (Wildman–Crippen MR) is 103 cm³/mol. The Morgan fingerprint density at radius 3 is 2.11 bits per heavy atom. The van der Waals surface area contributed by atoms with E-state index in [4.69, 9.17) is 0 Å². The van der Waals surface area contributed by atoms with Gasteiger partial charge >= 0.3 is 6.03 Å². The number of benzene rings is 3. The molecule has 0 spiro atoms. The lowest BCUT2D eigenvalue weighted by atomic mass is 10.3. The zero-order valence-corrected chi connectivity index (χ0v) is 15.1. The molecule has 0 unspecified atom stereocenters. The van der Waals surface area contributed by atoms with Crippen LogP contribution in [0.3, 0.4) is 0 Å². The summed E-state index contributed by atoms with van der Waals surface area (Å²) in [6.45, 7) is 0. The van der Waals surface area contributed by atoms with E-state index in [-0.39, 0.29) is 5.69 Å². The quantitative estimate of drug-likeness (QED) is 0.590. The van der Waals surface area contributed by atoms with Crippen molar-refractivity contribution in [1.82, 2.24) is 0 Å². The molecule has 0 aromatic heterocycles. The Hall–Kier alpha value is -3.46. The molecule has 2 amide bonds. The maximum absolute atomic E-state index is 13.8. The topological polar surface area (TPSA) is 87.3 Å². The van der Waals surface area contributed by atoms with E-state index in [0.29, 0.717) is 17.4 Å². The standard InChI is InChI=1S/C19H15F2N3O3S/c20-13-9-10-18(17(21)11-13)28(26,27)24-16-8-4-7-15(12-16)23-19(25)22-14-5-2-1-3-6-14/h1-12,24H,(H2,22,23,25). The van der Waals surface area contributed by atoms with Crippen LogP contribution in [0.2, 0.25) is 0 Å². The maximum Gasteiger partial charge on any atom is 0.323 e. The minimum atomic E-state index is -4.27. The number of anilines is 3. The van der Waals surface area contributed by atoms with Crippen molar-refractivity contribution < 1.29 is 22.0 Å². The smallest absolute Gasteiger partial charge is 0.308 e. The number of amides is 2. The number of para-hydroxylation sites is 1. The average molecular weight is 403 g/mol. The third kappa shape index (κ3) is 4.83. The number of hydrogen-bond donors (Lipinski definition) is 3. The Morgan fingerprint density at radius 1 is 0.750 bits per heavy atom. The van der Waals surface area contributed by atoms with E-state index < -0.39 is 32.6 Å². The van der Waals surface area contributed by atoms with Crippen LogP contribution in [0.5, 0.6) is 0 Å². The van der Waals surface area contributed by atoms with E-state index in [2.05, 4.69) is 15.4 Å². The molecule has 0 heterocycles. The molecule has 0 bridgehead atoms. The molecule has 0 saturated carbocycles. The zero-order chi connectivity index (χ0) is 20.1. The van der Waals surface area contributed by atoms with Crippen LogP contribution in [0.1, 0.15) is 0 Å². The van der Waals surface area contributed by atoms with Gasteiger partial charge in [-0.05, 0) is 42.5 Å². The summed E-state index contributed by atoms with van der Waals surface area (Å²) in [4.78, 5) is 11.3. The van der Waals surface area contributed by atoms with Crippen LogP contribution in [0.4, 0.5) is 30.6 Å². The van der Waals surface area contributed by atoms with E-state index in [0.717, 1.165) is 12.1 Å². The van der Waals surface area contributed by atoms with Gasteiger partial charge in [-0.1, -0.05) is 24.3 Å². The molecule has 3 N–H and O–H groups in total. The van der Waals surface area contributed by atoms with E-state index in [1.165, 1.54) is 18.2 Å². The van der Waals surface area contributed by atoms with Gasteiger partial charge in [0.05, 0.1) is 5.69 Å². The minimum Gasteiger partial charge on any atom is -0.308 e. The summed E-state index contributed by atoms with van der Waals surface area (Å²) in [5.41, 5.74) is 0.998. The van der Waals surface area contributed by atoms with Crippen LogP contribution in [0.25, 0.3) is 0 Å². The van der Waals surface area contributed by atoms with Gasteiger partial charge in [0.25, 0.3) is 10.0 Å². The van der Waals surface area contributed by atoms with E-state index in [1.807, 2.05) is 6.07 Å². The molecular weight excluding hydrogens is 388 g/mol. The highest BCUT2D eigenvalue weighted by Crippen LogP contribution is 2.22. The second kappa shape index (κ2) is 8.05. The summed E-state index contributed by atoms with van der Waals surface area (Å²) in [6.07, 6.45) is 0. The van der Waals surface area contributed by atoms with E-state index in [9.17, 15) is 22.0 Å². The lowest BCUT2D eigenvalue weighted by molar-refractivity contribution is 0.262. The normalized spacial score (nSPS) is 10.9. The summed E-state index contributed by atoms with van der Waals surface area (Å²) >= 11 is 0. The first-order valence-corrected chi connectivity index (χ1v) is 9.53. The van der Waals surface area contributed by atoms with Crippen molar-refractivity contribution in [2.75, 3.05) is 15.4 Å². The van der Waals surface area contributed by atoms with Gasteiger partial charge in [0.2, 0.25) is 0 Å². The molecule has 144 valence electrons. The fraction of sp³-hybridized carbons (Fsp3) is 0. The predicted octanol–water partition coefficient (Wildman–Crippen LogP) is 4.41. The van der Waals surface area contributed by atoms with Crippen LogP contribution in [-0.2, 0) is 10.0 Å². The fourth-order valence-corrected chi connectivity index (χ4v) is 3.49. The lowest BCUT2D eigenvalue weighted by Gasteiger charge is -2.11. The molecule has 0 fully saturated rings. The number of carbonyl (C=O) groups excluding carboxylic acids is 1. The van der Waals surface area contributed by atoms with Gasteiger partial charge in [-0.3, -0.25) is 4.72 Å².